The molecule has 21 heavy (non-hydrogen) atoms. The number of nitrogens with zero attached hydrogens (tertiary/aromatic N) is 1. The summed E-state index contributed by atoms with van der Waals surface area (Å²) in [6, 6.07) is 1.21. The monoisotopic (exact) mass is 339 g/mol. The quantitative estimate of drug-likeness (QED) is 0.353. The van der Waals surface area contributed by atoms with Gasteiger partial charge in [-0.05, 0) is 19.4 Å². The molecule has 1 unspecified atom stereocenters. The minimum absolute atomic E-state index is 0.470. The lowest BCUT2D eigenvalue weighted by Crippen LogP contribution is -2.15. The Hall–Kier alpha value is -1.74. The van der Waals surface area contributed by atoms with Gasteiger partial charge in [0.05, 0.1) is 16.6 Å². The molecule has 0 N–H and O–H groups in total. The Balaban J connectivity index is 3.45. The molecule has 0 fully saturated rings. The predicted molar refractivity (Wildman–Crippen MR) is 71.3 cm³/mol. The largest absolute Gasteiger partial charge is 0.459 e. The topological polar surface area (TPSA) is 104 Å². The van der Waals surface area contributed by atoms with Crippen molar-refractivity contribution in [2.75, 3.05) is 0 Å². The van der Waals surface area contributed by atoms with Crippen molar-refractivity contribution in [1.29, 1.82) is 0 Å². The van der Waals surface area contributed by atoms with Crippen molar-refractivity contribution in [3.05, 3.63) is 33.6 Å². The molecule has 1 aromatic carbocycles. The summed E-state index contributed by atoms with van der Waals surface area (Å²) in [5, 5.41) is 10.7. The summed E-state index contributed by atoms with van der Waals surface area (Å²) in [7, 11) is 0.413. The molecule has 1 rings (SSSR count). The number of rotatable bonds is 5. The number of hydrogen-bond donors (Lipinski definition) is 0. The number of halogens is 2. The van der Waals surface area contributed by atoms with Crippen LogP contribution in [0.15, 0.2) is 17.0 Å². The van der Waals surface area contributed by atoms with Crippen LogP contribution in [-0.4, -0.2) is 25.4 Å². The standard InChI is InChI=1S/C11H11ClFNO6S/c1-3-6(2)20-11(15)7-4-8(14(16)17)10(13)9(5-7)21(12,18)19/h4-6H,3H2,1-2H3. The Morgan fingerprint density at radius 1 is 1.52 bits per heavy atom. The van der Waals surface area contributed by atoms with E-state index in [0.29, 0.717) is 18.6 Å². The van der Waals surface area contributed by atoms with Crippen LogP contribution in [0.25, 0.3) is 0 Å². The van der Waals surface area contributed by atoms with Gasteiger partial charge in [0.25, 0.3) is 9.05 Å². The fourth-order valence-electron chi connectivity index (χ4n) is 1.35. The average molecular weight is 340 g/mol. The highest BCUT2D eigenvalue weighted by Gasteiger charge is 2.29. The minimum atomic E-state index is -4.59. The van der Waals surface area contributed by atoms with Gasteiger partial charge in [-0.3, -0.25) is 10.1 Å². The van der Waals surface area contributed by atoms with E-state index in [-0.39, 0.29) is 0 Å². The van der Waals surface area contributed by atoms with Crippen LogP contribution in [0.1, 0.15) is 30.6 Å². The van der Waals surface area contributed by atoms with Crippen molar-refractivity contribution in [3.8, 4) is 0 Å². The maximum Gasteiger partial charge on any atom is 0.338 e. The van der Waals surface area contributed by atoms with E-state index in [1.807, 2.05) is 0 Å². The summed E-state index contributed by atoms with van der Waals surface area (Å²) in [5.41, 5.74) is -1.64. The average Bonchev–Trinajstić information content (AvgIpc) is 2.36. The molecular formula is C11H11ClFNO6S. The van der Waals surface area contributed by atoms with Gasteiger partial charge in [0.15, 0.2) is 0 Å². The number of nitro benzene ring substituents is 1. The first-order chi connectivity index (χ1) is 9.57. The van der Waals surface area contributed by atoms with Crippen molar-refractivity contribution in [3.63, 3.8) is 0 Å². The molecule has 0 saturated heterocycles. The number of esters is 1. The first kappa shape index (κ1) is 17.3. The summed E-state index contributed by atoms with van der Waals surface area (Å²) >= 11 is 0. The van der Waals surface area contributed by atoms with Gasteiger partial charge in [-0.15, -0.1) is 0 Å². The number of nitro groups is 1. The van der Waals surface area contributed by atoms with Crippen molar-refractivity contribution in [2.24, 2.45) is 0 Å². The zero-order chi connectivity index (χ0) is 16.4. The van der Waals surface area contributed by atoms with E-state index in [2.05, 4.69) is 0 Å². The Morgan fingerprint density at radius 2 is 2.10 bits per heavy atom. The highest BCUT2D eigenvalue weighted by Crippen LogP contribution is 2.29. The molecule has 0 amide bonds. The highest BCUT2D eigenvalue weighted by atomic mass is 35.7. The van der Waals surface area contributed by atoms with Gasteiger partial charge in [-0.2, -0.15) is 4.39 Å². The van der Waals surface area contributed by atoms with Gasteiger partial charge >= 0.3 is 11.7 Å². The van der Waals surface area contributed by atoms with Crippen LogP contribution >= 0.6 is 10.7 Å². The molecule has 0 aromatic heterocycles. The molecule has 10 heteroatoms. The fourth-order valence-corrected chi connectivity index (χ4v) is 2.27. The Labute approximate surface area is 124 Å². The van der Waals surface area contributed by atoms with Gasteiger partial charge < -0.3 is 4.74 Å². The van der Waals surface area contributed by atoms with Crippen LogP contribution in [0.4, 0.5) is 10.1 Å². The molecule has 116 valence electrons. The van der Waals surface area contributed by atoms with E-state index in [9.17, 15) is 27.7 Å². The molecule has 0 aliphatic carbocycles. The lowest BCUT2D eigenvalue weighted by molar-refractivity contribution is -0.387. The second-order valence-corrected chi connectivity index (χ2v) is 6.66. The van der Waals surface area contributed by atoms with E-state index in [1.165, 1.54) is 0 Å². The van der Waals surface area contributed by atoms with E-state index >= 15 is 0 Å². The highest BCUT2D eigenvalue weighted by molar-refractivity contribution is 8.13. The molecule has 0 radical (unpaired) electrons. The van der Waals surface area contributed by atoms with E-state index in [0.717, 1.165) is 0 Å². The van der Waals surface area contributed by atoms with Crippen LogP contribution in [0.5, 0.6) is 0 Å². The maximum absolute atomic E-state index is 13.7. The molecule has 1 aromatic rings. The van der Waals surface area contributed by atoms with Crippen molar-refractivity contribution in [2.45, 2.75) is 31.3 Å². The Morgan fingerprint density at radius 3 is 2.52 bits per heavy atom. The SMILES string of the molecule is CCC(C)OC(=O)c1cc([N+](=O)[O-])c(F)c(S(=O)(=O)Cl)c1. The normalized spacial score (nSPS) is 12.8. The van der Waals surface area contributed by atoms with Crippen LogP contribution in [0.3, 0.4) is 0 Å². The number of benzene rings is 1. The molecule has 0 spiro atoms. The number of ether oxygens (including phenoxy) is 1. The van der Waals surface area contributed by atoms with Gasteiger partial charge in [-0.25, -0.2) is 13.2 Å². The molecule has 0 heterocycles. The third-order valence-electron chi connectivity index (χ3n) is 2.60. The zero-order valence-corrected chi connectivity index (χ0v) is 12.6. The number of hydrogen-bond acceptors (Lipinski definition) is 6. The molecule has 0 saturated carbocycles. The fraction of sp³-hybridized carbons (Fsp3) is 0.364. The summed E-state index contributed by atoms with van der Waals surface area (Å²) in [5.74, 6) is -2.64. The summed E-state index contributed by atoms with van der Waals surface area (Å²) in [6.45, 7) is 3.31. The molecule has 0 aliphatic rings. The lowest BCUT2D eigenvalue weighted by Gasteiger charge is -2.11. The second kappa shape index (κ2) is 6.35. The van der Waals surface area contributed by atoms with Crippen LogP contribution < -0.4 is 0 Å². The predicted octanol–water partition coefficient (Wildman–Crippen LogP) is 2.62. The van der Waals surface area contributed by atoms with Gasteiger partial charge in [0, 0.05) is 16.7 Å². The number of carbonyl (C=O) groups is 1. The first-order valence-corrected chi connectivity index (χ1v) is 8.02. The maximum atomic E-state index is 13.7. The zero-order valence-electron chi connectivity index (χ0n) is 11.0. The van der Waals surface area contributed by atoms with Crippen molar-refractivity contribution in [1.82, 2.24) is 0 Å². The second-order valence-electron chi connectivity index (χ2n) is 4.13. The van der Waals surface area contributed by atoms with Crippen LogP contribution in [-0.2, 0) is 13.8 Å². The van der Waals surface area contributed by atoms with Crippen LogP contribution in [0, 0.1) is 15.9 Å². The smallest absolute Gasteiger partial charge is 0.338 e. The lowest BCUT2D eigenvalue weighted by atomic mass is 10.2. The van der Waals surface area contributed by atoms with Gasteiger partial charge in [0.1, 0.15) is 4.90 Å². The Bertz CT molecular complexity index is 690. The third kappa shape index (κ3) is 4.11. The summed E-state index contributed by atoms with van der Waals surface area (Å²) < 4.78 is 41.1. The molecule has 1 atom stereocenters. The molecule has 0 bridgehead atoms. The van der Waals surface area contributed by atoms with E-state index in [1.54, 1.807) is 13.8 Å². The molecule has 7 nitrogen and oxygen atoms in total. The first-order valence-electron chi connectivity index (χ1n) is 5.71. The Kier molecular flexibility index (Phi) is 5.24. The molecule has 0 aliphatic heterocycles. The van der Waals surface area contributed by atoms with E-state index < -0.39 is 48.0 Å². The number of carbonyl (C=O) groups excluding carboxylic acids is 1. The van der Waals surface area contributed by atoms with Crippen molar-refractivity contribution >= 4 is 31.4 Å². The van der Waals surface area contributed by atoms with Gasteiger partial charge in [-0.1, -0.05) is 6.92 Å². The van der Waals surface area contributed by atoms with Crippen molar-refractivity contribution < 1.29 is 27.3 Å². The summed E-state index contributed by atoms with van der Waals surface area (Å²) in [6.07, 6.45) is -0.00644. The van der Waals surface area contributed by atoms with Gasteiger partial charge in [0.2, 0.25) is 5.82 Å². The van der Waals surface area contributed by atoms with Crippen LogP contribution in [0.2, 0.25) is 0 Å². The van der Waals surface area contributed by atoms with E-state index in [4.69, 9.17) is 15.4 Å². The summed E-state index contributed by atoms with van der Waals surface area (Å²) in [4.78, 5) is 20.2. The third-order valence-corrected chi connectivity index (χ3v) is 3.92. The molecular weight excluding hydrogens is 329 g/mol. The minimum Gasteiger partial charge on any atom is -0.459 e.